The minimum Gasteiger partial charge on any atom is -0.380 e. The van der Waals surface area contributed by atoms with Crippen LogP contribution in [-0.2, 0) is 4.74 Å². The van der Waals surface area contributed by atoms with Gasteiger partial charge in [-0.3, -0.25) is 0 Å². The van der Waals surface area contributed by atoms with Gasteiger partial charge in [-0.05, 0) is 12.8 Å². The monoisotopic (exact) mass is 216 g/mol. The van der Waals surface area contributed by atoms with Crippen LogP contribution >= 0.6 is 23.5 Å². The van der Waals surface area contributed by atoms with Crippen molar-refractivity contribution in [2.24, 2.45) is 5.41 Å². The Bertz CT molecular complexity index is 187. The Labute approximate surface area is 88.4 Å². The first kappa shape index (κ1) is 8.93. The van der Waals surface area contributed by atoms with Gasteiger partial charge in [0.05, 0.1) is 13.2 Å². The van der Waals surface area contributed by atoms with E-state index in [0.29, 0.717) is 5.41 Å². The summed E-state index contributed by atoms with van der Waals surface area (Å²) < 4.78 is 5.37. The van der Waals surface area contributed by atoms with E-state index in [1.165, 1.54) is 30.8 Å². The molecule has 3 rings (SSSR count). The molecule has 1 spiro atoms. The molecule has 0 bridgehead atoms. The largest absolute Gasteiger partial charge is 0.380 e. The molecule has 0 N–H and O–H groups in total. The summed E-state index contributed by atoms with van der Waals surface area (Å²) in [6.07, 6.45) is 4.41. The van der Waals surface area contributed by atoms with Crippen molar-refractivity contribution in [3.63, 3.8) is 0 Å². The first-order valence-corrected chi connectivity index (χ1v) is 7.29. The van der Waals surface area contributed by atoms with Crippen LogP contribution in [0.25, 0.3) is 0 Å². The maximum absolute atomic E-state index is 5.37. The molecule has 1 aliphatic carbocycles. The predicted molar refractivity (Wildman–Crippen MR) is 59.6 cm³/mol. The van der Waals surface area contributed by atoms with Crippen LogP contribution < -0.4 is 0 Å². The molecule has 0 aromatic rings. The highest BCUT2D eigenvalue weighted by atomic mass is 32.2. The maximum Gasteiger partial charge on any atom is 0.0560 e. The SMILES string of the molecule is C1C[C@H]2SCC3(COC3)CS[C@@H]2C1. The van der Waals surface area contributed by atoms with Crippen molar-refractivity contribution in [2.75, 3.05) is 24.7 Å². The van der Waals surface area contributed by atoms with Crippen LogP contribution in [0.2, 0.25) is 0 Å². The second-order valence-corrected chi connectivity index (χ2v) is 7.08. The Morgan fingerprint density at radius 3 is 2.08 bits per heavy atom. The van der Waals surface area contributed by atoms with Crippen LogP contribution in [0.1, 0.15) is 19.3 Å². The first-order chi connectivity index (χ1) is 6.38. The van der Waals surface area contributed by atoms with Crippen molar-refractivity contribution in [3.8, 4) is 0 Å². The van der Waals surface area contributed by atoms with E-state index >= 15 is 0 Å². The van der Waals surface area contributed by atoms with Crippen LogP contribution in [0.4, 0.5) is 0 Å². The third-order valence-electron chi connectivity index (χ3n) is 3.42. The van der Waals surface area contributed by atoms with Gasteiger partial charge < -0.3 is 4.74 Å². The number of hydrogen-bond donors (Lipinski definition) is 0. The Morgan fingerprint density at radius 1 is 1.00 bits per heavy atom. The van der Waals surface area contributed by atoms with Gasteiger partial charge in [0.2, 0.25) is 0 Å². The molecule has 1 nitrogen and oxygen atoms in total. The van der Waals surface area contributed by atoms with Crippen molar-refractivity contribution in [2.45, 2.75) is 29.8 Å². The first-order valence-electron chi connectivity index (χ1n) is 5.19. The van der Waals surface area contributed by atoms with Gasteiger partial charge in [0, 0.05) is 27.4 Å². The van der Waals surface area contributed by atoms with Gasteiger partial charge in [0.25, 0.3) is 0 Å². The molecule has 0 amide bonds. The lowest BCUT2D eigenvalue weighted by molar-refractivity contribution is -0.0828. The number of ether oxygens (including phenoxy) is 1. The smallest absolute Gasteiger partial charge is 0.0560 e. The lowest BCUT2D eigenvalue weighted by atomic mass is 9.91. The van der Waals surface area contributed by atoms with Crippen molar-refractivity contribution >= 4 is 23.5 Å². The lowest BCUT2D eigenvalue weighted by Gasteiger charge is -2.40. The fraction of sp³-hybridized carbons (Fsp3) is 1.00. The van der Waals surface area contributed by atoms with Crippen LogP contribution in [0.15, 0.2) is 0 Å². The van der Waals surface area contributed by atoms with Gasteiger partial charge in [-0.2, -0.15) is 23.5 Å². The molecule has 0 aromatic carbocycles. The van der Waals surface area contributed by atoms with E-state index in [4.69, 9.17) is 4.74 Å². The van der Waals surface area contributed by atoms with Crippen molar-refractivity contribution in [3.05, 3.63) is 0 Å². The Balaban J connectivity index is 1.69. The molecule has 74 valence electrons. The third kappa shape index (κ3) is 1.53. The van der Waals surface area contributed by atoms with E-state index in [-0.39, 0.29) is 0 Å². The summed E-state index contributed by atoms with van der Waals surface area (Å²) >= 11 is 4.47. The van der Waals surface area contributed by atoms with Gasteiger partial charge in [-0.15, -0.1) is 0 Å². The summed E-state index contributed by atoms with van der Waals surface area (Å²) in [5.74, 6) is 2.72. The molecular formula is C10H16OS2. The maximum atomic E-state index is 5.37. The zero-order valence-electron chi connectivity index (χ0n) is 7.83. The van der Waals surface area contributed by atoms with Crippen LogP contribution in [0.3, 0.4) is 0 Å². The fourth-order valence-electron chi connectivity index (χ4n) is 2.44. The number of thioether (sulfide) groups is 2. The van der Waals surface area contributed by atoms with Gasteiger partial charge in [-0.25, -0.2) is 0 Å². The molecule has 0 unspecified atom stereocenters. The summed E-state index contributed by atoms with van der Waals surface area (Å²) in [5, 5.41) is 1.95. The van der Waals surface area contributed by atoms with Gasteiger partial charge in [0.15, 0.2) is 0 Å². The van der Waals surface area contributed by atoms with Crippen molar-refractivity contribution < 1.29 is 4.74 Å². The summed E-state index contributed by atoms with van der Waals surface area (Å²) in [5.41, 5.74) is 0.583. The Kier molecular flexibility index (Phi) is 2.30. The molecule has 2 aliphatic heterocycles. The fourth-order valence-corrected chi connectivity index (χ4v) is 6.08. The highest BCUT2D eigenvalue weighted by Gasteiger charge is 2.44. The van der Waals surface area contributed by atoms with Gasteiger partial charge in [-0.1, -0.05) is 6.42 Å². The van der Waals surface area contributed by atoms with E-state index in [0.717, 1.165) is 23.7 Å². The van der Waals surface area contributed by atoms with E-state index < -0.39 is 0 Å². The molecule has 3 heteroatoms. The summed E-state index contributed by atoms with van der Waals surface area (Å²) in [6.45, 7) is 2.07. The molecule has 3 aliphatic rings. The normalized spacial score (nSPS) is 42.5. The van der Waals surface area contributed by atoms with Crippen LogP contribution in [0.5, 0.6) is 0 Å². The standard InChI is InChI=1S/C10H16OS2/c1-2-8-9(3-1)13-7-10(6-12-8)4-11-5-10/h8-9H,1-7H2/t8-,9-/m1/s1. The summed E-state index contributed by atoms with van der Waals surface area (Å²) in [4.78, 5) is 0. The summed E-state index contributed by atoms with van der Waals surface area (Å²) in [6, 6.07) is 0. The summed E-state index contributed by atoms with van der Waals surface area (Å²) in [7, 11) is 0. The van der Waals surface area contributed by atoms with E-state index in [1.54, 1.807) is 0 Å². The zero-order valence-corrected chi connectivity index (χ0v) is 9.46. The minimum atomic E-state index is 0.583. The predicted octanol–water partition coefficient (Wildman–Crippen LogP) is 2.40. The average molecular weight is 216 g/mol. The highest BCUT2D eigenvalue weighted by molar-refractivity contribution is 8.04. The molecule has 1 saturated carbocycles. The highest BCUT2D eigenvalue weighted by Crippen LogP contribution is 2.47. The lowest BCUT2D eigenvalue weighted by Crippen LogP contribution is -2.46. The molecule has 0 radical (unpaired) electrons. The molecule has 3 fully saturated rings. The van der Waals surface area contributed by atoms with Crippen molar-refractivity contribution in [1.29, 1.82) is 0 Å². The number of fused-ring (bicyclic) bond motifs is 1. The van der Waals surface area contributed by atoms with Crippen LogP contribution in [0, 0.1) is 5.41 Å². The molecule has 2 atom stereocenters. The van der Waals surface area contributed by atoms with E-state index in [9.17, 15) is 0 Å². The minimum absolute atomic E-state index is 0.583. The Morgan fingerprint density at radius 2 is 1.62 bits per heavy atom. The molecule has 2 heterocycles. The molecule has 0 aromatic heterocycles. The average Bonchev–Trinajstić information content (AvgIpc) is 2.43. The Hall–Kier alpha value is 0.660. The van der Waals surface area contributed by atoms with Crippen LogP contribution in [-0.4, -0.2) is 35.2 Å². The van der Waals surface area contributed by atoms with E-state index in [1.807, 2.05) is 0 Å². The van der Waals surface area contributed by atoms with E-state index in [2.05, 4.69) is 23.5 Å². The molecule has 2 saturated heterocycles. The second kappa shape index (κ2) is 3.35. The number of hydrogen-bond acceptors (Lipinski definition) is 3. The van der Waals surface area contributed by atoms with Gasteiger partial charge in [0.1, 0.15) is 0 Å². The zero-order chi connectivity index (χ0) is 8.73. The van der Waals surface area contributed by atoms with Gasteiger partial charge >= 0.3 is 0 Å². The molecular weight excluding hydrogens is 200 g/mol. The molecule has 13 heavy (non-hydrogen) atoms. The number of rotatable bonds is 0. The third-order valence-corrected chi connectivity index (χ3v) is 7.13. The second-order valence-electron chi connectivity index (χ2n) is 4.62. The topological polar surface area (TPSA) is 9.23 Å². The van der Waals surface area contributed by atoms with Crippen molar-refractivity contribution in [1.82, 2.24) is 0 Å². The quantitative estimate of drug-likeness (QED) is 0.615.